The van der Waals surface area contributed by atoms with E-state index in [4.69, 9.17) is 5.73 Å². The zero-order valence-corrected chi connectivity index (χ0v) is 7.25. The van der Waals surface area contributed by atoms with Crippen LogP contribution in [-0.2, 0) is 12.8 Å². The van der Waals surface area contributed by atoms with Crippen LogP contribution in [0.3, 0.4) is 0 Å². The second-order valence-corrected chi connectivity index (χ2v) is 3.51. The zero-order chi connectivity index (χ0) is 8.84. The van der Waals surface area contributed by atoms with Gasteiger partial charge in [-0.05, 0) is 36.1 Å². The normalized spacial score (nSPS) is 13.8. The monoisotopic (exact) mass is 170 g/mol. The van der Waals surface area contributed by atoms with Crippen molar-refractivity contribution in [2.24, 2.45) is 0 Å². The van der Waals surface area contributed by atoms with E-state index in [1.165, 1.54) is 16.5 Å². The fraction of sp³-hybridized carbons (Fsp3) is 0.182. The van der Waals surface area contributed by atoms with E-state index in [0.29, 0.717) is 0 Å². The van der Waals surface area contributed by atoms with E-state index in [1.54, 1.807) is 0 Å². The first kappa shape index (κ1) is 6.89. The molecule has 2 N–H and O–H groups in total. The predicted molar refractivity (Wildman–Crippen MR) is 53.6 cm³/mol. The summed E-state index contributed by atoms with van der Waals surface area (Å²) in [5.74, 6) is 0. The van der Waals surface area contributed by atoms with Crippen molar-refractivity contribution in [1.29, 1.82) is 0 Å². The fourth-order valence-electron chi connectivity index (χ4n) is 2.12. The summed E-state index contributed by atoms with van der Waals surface area (Å²) >= 11 is 0. The molecule has 2 nitrogen and oxygen atoms in total. The zero-order valence-electron chi connectivity index (χ0n) is 7.25. The highest BCUT2D eigenvalue weighted by molar-refractivity contribution is 5.95. The molecule has 1 aromatic heterocycles. The third-order valence-electron chi connectivity index (χ3n) is 2.76. The summed E-state index contributed by atoms with van der Waals surface area (Å²) in [5, 5.41) is 1.29. The molecule has 0 saturated heterocycles. The van der Waals surface area contributed by atoms with Gasteiger partial charge in [-0.15, -0.1) is 0 Å². The Morgan fingerprint density at radius 2 is 1.85 bits per heavy atom. The van der Waals surface area contributed by atoms with Crippen molar-refractivity contribution in [1.82, 2.24) is 4.98 Å². The van der Waals surface area contributed by atoms with Crippen molar-refractivity contribution >= 4 is 16.6 Å². The number of rotatable bonds is 0. The lowest BCUT2D eigenvalue weighted by Gasteiger charge is -2.02. The van der Waals surface area contributed by atoms with Gasteiger partial charge in [-0.3, -0.25) is 4.98 Å². The highest BCUT2D eigenvalue weighted by Crippen LogP contribution is 2.31. The maximum absolute atomic E-state index is 5.86. The van der Waals surface area contributed by atoms with Gasteiger partial charge >= 0.3 is 0 Å². The highest BCUT2D eigenvalue weighted by Gasteiger charge is 2.15. The van der Waals surface area contributed by atoms with Crippen molar-refractivity contribution in [3.05, 3.63) is 35.5 Å². The van der Waals surface area contributed by atoms with Crippen LogP contribution in [0.1, 0.15) is 11.1 Å². The molecule has 0 radical (unpaired) electrons. The third kappa shape index (κ3) is 0.800. The van der Waals surface area contributed by atoms with Gasteiger partial charge in [-0.2, -0.15) is 0 Å². The Balaban J connectivity index is 2.58. The molecule has 13 heavy (non-hydrogen) atoms. The van der Waals surface area contributed by atoms with E-state index in [9.17, 15) is 0 Å². The Bertz CT molecular complexity index is 478. The molecular weight excluding hydrogens is 160 g/mol. The first-order valence-electron chi connectivity index (χ1n) is 4.51. The second kappa shape index (κ2) is 2.22. The van der Waals surface area contributed by atoms with Crippen LogP contribution in [0.15, 0.2) is 24.4 Å². The van der Waals surface area contributed by atoms with E-state index in [1.807, 2.05) is 12.3 Å². The Labute approximate surface area is 76.4 Å². The molecule has 2 heteroatoms. The van der Waals surface area contributed by atoms with Crippen LogP contribution in [-0.4, -0.2) is 4.98 Å². The number of nitrogens with two attached hydrogens (primary N) is 1. The van der Waals surface area contributed by atoms with Gasteiger partial charge < -0.3 is 5.73 Å². The van der Waals surface area contributed by atoms with Crippen LogP contribution in [0.4, 0.5) is 5.69 Å². The van der Waals surface area contributed by atoms with Crippen LogP contribution in [0.2, 0.25) is 0 Å². The topological polar surface area (TPSA) is 38.9 Å². The molecule has 1 heterocycles. The SMILES string of the molecule is Nc1ccc2c3c(ccnc13)CC2. The van der Waals surface area contributed by atoms with Gasteiger partial charge in [0.1, 0.15) is 0 Å². The molecule has 0 bridgehead atoms. The van der Waals surface area contributed by atoms with Crippen LogP contribution in [0.25, 0.3) is 10.9 Å². The Kier molecular flexibility index (Phi) is 1.18. The number of benzene rings is 1. The van der Waals surface area contributed by atoms with E-state index >= 15 is 0 Å². The van der Waals surface area contributed by atoms with E-state index in [0.717, 1.165) is 24.0 Å². The minimum Gasteiger partial charge on any atom is -0.397 e. The fourth-order valence-corrected chi connectivity index (χ4v) is 2.12. The lowest BCUT2D eigenvalue weighted by Crippen LogP contribution is -1.90. The summed E-state index contributed by atoms with van der Waals surface area (Å²) in [7, 11) is 0. The molecule has 1 aliphatic carbocycles. The summed E-state index contributed by atoms with van der Waals surface area (Å²) < 4.78 is 0. The minimum absolute atomic E-state index is 0.794. The van der Waals surface area contributed by atoms with Gasteiger partial charge in [0.05, 0.1) is 11.2 Å². The van der Waals surface area contributed by atoms with Crippen molar-refractivity contribution < 1.29 is 0 Å². The first-order valence-corrected chi connectivity index (χ1v) is 4.51. The molecule has 0 atom stereocenters. The summed E-state index contributed by atoms with van der Waals surface area (Å²) in [5.41, 5.74) is 10.4. The van der Waals surface area contributed by atoms with E-state index < -0.39 is 0 Å². The molecule has 2 aromatic rings. The average Bonchev–Trinajstić information content (AvgIpc) is 2.57. The predicted octanol–water partition coefficient (Wildman–Crippen LogP) is 1.92. The van der Waals surface area contributed by atoms with Crippen molar-refractivity contribution in [3.8, 4) is 0 Å². The molecule has 1 aliphatic rings. The van der Waals surface area contributed by atoms with Crippen LogP contribution < -0.4 is 5.73 Å². The van der Waals surface area contributed by atoms with Gasteiger partial charge in [0.2, 0.25) is 0 Å². The molecule has 3 rings (SSSR count). The van der Waals surface area contributed by atoms with Gasteiger partial charge in [0.15, 0.2) is 0 Å². The molecule has 0 aliphatic heterocycles. The van der Waals surface area contributed by atoms with Crippen molar-refractivity contribution in [2.45, 2.75) is 12.8 Å². The lowest BCUT2D eigenvalue weighted by molar-refractivity contribution is 1.02. The molecule has 0 spiro atoms. The van der Waals surface area contributed by atoms with Gasteiger partial charge in [-0.25, -0.2) is 0 Å². The molecule has 0 saturated carbocycles. The number of pyridine rings is 1. The Morgan fingerprint density at radius 1 is 1.08 bits per heavy atom. The molecular formula is C11H10N2. The maximum atomic E-state index is 5.86. The summed E-state index contributed by atoms with van der Waals surface area (Å²) in [6.07, 6.45) is 4.12. The second-order valence-electron chi connectivity index (χ2n) is 3.51. The van der Waals surface area contributed by atoms with Gasteiger partial charge in [-0.1, -0.05) is 6.07 Å². The molecule has 0 fully saturated rings. The smallest absolute Gasteiger partial charge is 0.0936 e. The molecule has 1 aromatic carbocycles. The standard InChI is InChI=1S/C11H10N2/c12-9-4-3-7-1-2-8-5-6-13-11(9)10(7)8/h3-6H,1-2,12H2. The average molecular weight is 170 g/mol. The molecule has 0 amide bonds. The van der Waals surface area contributed by atoms with Crippen LogP contribution in [0, 0.1) is 0 Å². The number of nitrogens with zero attached hydrogens (tertiary/aromatic N) is 1. The highest BCUT2D eigenvalue weighted by atomic mass is 14.7. The van der Waals surface area contributed by atoms with Crippen LogP contribution in [0.5, 0.6) is 0 Å². The lowest BCUT2D eigenvalue weighted by atomic mass is 10.1. The Morgan fingerprint density at radius 3 is 2.69 bits per heavy atom. The van der Waals surface area contributed by atoms with Gasteiger partial charge in [0, 0.05) is 11.6 Å². The number of nitrogen functional groups attached to an aromatic ring is 1. The third-order valence-corrected chi connectivity index (χ3v) is 2.76. The van der Waals surface area contributed by atoms with Crippen molar-refractivity contribution in [2.75, 3.05) is 5.73 Å². The molecule has 0 unspecified atom stereocenters. The molecule has 64 valence electrons. The van der Waals surface area contributed by atoms with Crippen LogP contribution >= 0.6 is 0 Å². The van der Waals surface area contributed by atoms with E-state index in [2.05, 4.69) is 17.1 Å². The quantitative estimate of drug-likeness (QED) is 0.613. The summed E-state index contributed by atoms with van der Waals surface area (Å²) in [6, 6.07) is 6.17. The minimum atomic E-state index is 0.794. The summed E-state index contributed by atoms with van der Waals surface area (Å²) in [6.45, 7) is 0. The number of aryl methyl sites for hydroxylation is 2. The largest absolute Gasteiger partial charge is 0.397 e. The number of anilines is 1. The van der Waals surface area contributed by atoms with E-state index in [-0.39, 0.29) is 0 Å². The Hall–Kier alpha value is -1.57. The van der Waals surface area contributed by atoms with Crippen molar-refractivity contribution in [3.63, 3.8) is 0 Å². The van der Waals surface area contributed by atoms with Gasteiger partial charge in [0.25, 0.3) is 0 Å². The number of aromatic nitrogens is 1. The summed E-state index contributed by atoms with van der Waals surface area (Å²) in [4.78, 5) is 4.32. The number of hydrogen-bond donors (Lipinski definition) is 1. The first-order chi connectivity index (χ1) is 6.36. The number of hydrogen-bond acceptors (Lipinski definition) is 2. The maximum Gasteiger partial charge on any atom is 0.0936 e.